The Morgan fingerprint density at radius 2 is 1.96 bits per heavy atom. The Kier molecular flexibility index (Phi) is 7.03. The maximum atomic E-state index is 12.1. The van der Waals surface area contributed by atoms with Crippen molar-refractivity contribution in [1.82, 2.24) is 14.6 Å². The highest BCUT2D eigenvalue weighted by atomic mass is 32.1. The van der Waals surface area contributed by atoms with Crippen LogP contribution in [-0.2, 0) is 6.54 Å². The molecule has 2 aromatic rings. The van der Waals surface area contributed by atoms with Gasteiger partial charge in [-0.05, 0) is 48.9 Å². The zero-order valence-corrected chi connectivity index (χ0v) is 14.5. The first-order valence-corrected chi connectivity index (χ1v) is 8.79. The lowest BCUT2D eigenvalue weighted by Crippen LogP contribution is -2.34. The number of aromatic nitrogens is 1. The van der Waals surface area contributed by atoms with Crippen molar-refractivity contribution in [2.45, 2.75) is 20.4 Å². The smallest absolute Gasteiger partial charge is 0.251 e. The molecule has 1 aromatic heterocycles. The molecule has 124 valence electrons. The largest absolute Gasteiger partial charge is 0.381 e. The molecule has 1 heterocycles. The van der Waals surface area contributed by atoms with Crippen LogP contribution < -0.4 is 10.6 Å². The number of anilines is 1. The first-order valence-electron chi connectivity index (χ1n) is 7.95. The van der Waals surface area contributed by atoms with Crippen molar-refractivity contribution in [1.29, 1.82) is 0 Å². The van der Waals surface area contributed by atoms with Crippen LogP contribution in [0.5, 0.6) is 0 Å². The summed E-state index contributed by atoms with van der Waals surface area (Å²) >= 11 is 1.45. The zero-order chi connectivity index (χ0) is 16.5. The van der Waals surface area contributed by atoms with Crippen LogP contribution >= 0.6 is 11.5 Å². The summed E-state index contributed by atoms with van der Waals surface area (Å²) in [4.78, 5) is 14.4. The number of benzene rings is 1. The molecule has 2 N–H and O–H groups in total. The monoisotopic (exact) mass is 332 g/mol. The molecule has 1 amide bonds. The number of carbonyl (C=O) groups is 1. The minimum absolute atomic E-state index is 0.0225. The second-order valence-electron chi connectivity index (χ2n) is 5.25. The van der Waals surface area contributed by atoms with Gasteiger partial charge in [-0.15, -0.1) is 0 Å². The van der Waals surface area contributed by atoms with E-state index in [1.165, 1.54) is 11.5 Å². The Morgan fingerprint density at radius 3 is 2.57 bits per heavy atom. The SMILES string of the molecule is CCN(CC)CCNC(=O)c1ccc(NCc2cnsc2)cc1. The Bertz CT molecular complexity index is 579. The van der Waals surface area contributed by atoms with Crippen molar-refractivity contribution in [3.05, 3.63) is 47.0 Å². The first kappa shape index (κ1) is 17.4. The fourth-order valence-electron chi connectivity index (χ4n) is 2.23. The molecule has 5 nitrogen and oxygen atoms in total. The quantitative estimate of drug-likeness (QED) is 0.741. The number of hydrogen-bond donors (Lipinski definition) is 2. The van der Waals surface area contributed by atoms with E-state index in [9.17, 15) is 4.79 Å². The third-order valence-electron chi connectivity index (χ3n) is 3.74. The summed E-state index contributed by atoms with van der Waals surface area (Å²) in [6.45, 7) is 8.57. The van der Waals surface area contributed by atoms with E-state index in [1.54, 1.807) is 0 Å². The van der Waals surface area contributed by atoms with Crippen LogP contribution in [0.2, 0.25) is 0 Å². The third kappa shape index (κ3) is 5.65. The standard InChI is InChI=1S/C17H24N4OS/c1-3-21(4-2)10-9-18-17(22)15-5-7-16(8-6-15)19-11-14-12-20-23-13-14/h5-8,12-13,19H,3-4,9-11H2,1-2H3,(H,18,22). The van der Waals surface area contributed by atoms with E-state index < -0.39 is 0 Å². The molecule has 2 rings (SSSR count). The van der Waals surface area contributed by atoms with Gasteiger partial charge < -0.3 is 15.5 Å². The predicted molar refractivity (Wildman–Crippen MR) is 96.0 cm³/mol. The van der Waals surface area contributed by atoms with E-state index in [0.29, 0.717) is 12.1 Å². The highest BCUT2D eigenvalue weighted by molar-refractivity contribution is 7.03. The molecule has 0 fully saturated rings. The van der Waals surface area contributed by atoms with Crippen LogP contribution in [0.4, 0.5) is 5.69 Å². The van der Waals surface area contributed by atoms with Crippen molar-refractivity contribution >= 4 is 23.1 Å². The van der Waals surface area contributed by atoms with Crippen LogP contribution in [-0.4, -0.2) is 41.4 Å². The zero-order valence-electron chi connectivity index (χ0n) is 13.7. The summed E-state index contributed by atoms with van der Waals surface area (Å²) in [5.74, 6) is -0.0225. The van der Waals surface area contributed by atoms with E-state index in [4.69, 9.17) is 0 Å². The molecule has 0 spiro atoms. The number of nitrogens with one attached hydrogen (secondary N) is 2. The number of rotatable bonds is 9. The summed E-state index contributed by atoms with van der Waals surface area (Å²) < 4.78 is 4.07. The maximum absolute atomic E-state index is 12.1. The molecule has 0 unspecified atom stereocenters. The molecule has 0 saturated carbocycles. The van der Waals surface area contributed by atoms with E-state index in [2.05, 4.69) is 33.8 Å². The van der Waals surface area contributed by atoms with Crippen molar-refractivity contribution in [2.75, 3.05) is 31.5 Å². The van der Waals surface area contributed by atoms with Gasteiger partial charge in [0.2, 0.25) is 0 Å². The van der Waals surface area contributed by atoms with Gasteiger partial charge in [0.05, 0.1) is 0 Å². The highest BCUT2D eigenvalue weighted by Crippen LogP contribution is 2.12. The number of amides is 1. The molecule has 6 heteroatoms. The average Bonchev–Trinajstić information content (AvgIpc) is 3.11. The Hall–Kier alpha value is -1.92. The van der Waals surface area contributed by atoms with E-state index in [1.807, 2.05) is 35.8 Å². The molecule has 0 saturated heterocycles. The first-order chi connectivity index (χ1) is 11.2. The molecule has 0 radical (unpaired) electrons. The Balaban J connectivity index is 1.78. The van der Waals surface area contributed by atoms with Gasteiger partial charge in [-0.3, -0.25) is 4.79 Å². The summed E-state index contributed by atoms with van der Waals surface area (Å²) in [5, 5.41) is 8.30. The number of likely N-dealkylation sites (N-methyl/N-ethyl adjacent to an activating group) is 1. The lowest BCUT2D eigenvalue weighted by molar-refractivity contribution is 0.0949. The fraction of sp³-hybridized carbons (Fsp3) is 0.412. The summed E-state index contributed by atoms with van der Waals surface area (Å²) in [6, 6.07) is 7.56. The Labute approximate surface area is 141 Å². The normalized spacial score (nSPS) is 10.7. The van der Waals surface area contributed by atoms with Gasteiger partial charge in [0, 0.05) is 48.0 Å². The minimum atomic E-state index is -0.0225. The number of nitrogens with zero attached hydrogens (tertiary/aromatic N) is 2. The van der Waals surface area contributed by atoms with Crippen LogP contribution in [0, 0.1) is 0 Å². The molecule has 0 aliphatic heterocycles. The lowest BCUT2D eigenvalue weighted by Gasteiger charge is -2.18. The Morgan fingerprint density at radius 1 is 1.22 bits per heavy atom. The molecule has 0 atom stereocenters. The van der Waals surface area contributed by atoms with Gasteiger partial charge in [0.1, 0.15) is 0 Å². The molecule has 0 aliphatic carbocycles. The summed E-state index contributed by atoms with van der Waals surface area (Å²) in [6.07, 6.45) is 1.86. The summed E-state index contributed by atoms with van der Waals surface area (Å²) in [5.41, 5.74) is 2.84. The molecule has 0 bridgehead atoms. The van der Waals surface area contributed by atoms with Crippen LogP contribution in [0.25, 0.3) is 0 Å². The van der Waals surface area contributed by atoms with Gasteiger partial charge in [-0.2, -0.15) is 0 Å². The second kappa shape index (κ2) is 9.27. The third-order valence-corrected chi connectivity index (χ3v) is 4.37. The van der Waals surface area contributed by atoms with Crippen molar-refractivity contribution in [3.63, 3.8) is 0 Å². The highest BCUT2D eigenvalue weighted by Gasteiger charge is 2.06. The fourth-order valence-corrected chi connectivity index (χ4v) is 2.76. The van der Waals surface area contributed by atoms with Gasteiger partial charge in [-0.1, -0.05) is 13.8 Å². The van der Waals surface area contributed by atoms with Gasteiger partial charge in [-0.25, -0.2) is 4.37 Å². The van der Waals surface area contributed by atoms with Gasteiger partial charge in [0.25, 0.3) is 5.91 Å². The van der Waals surface area contributed by atoms with E-state index in [0.717, 1.165) is 37.4 Å². The van der Waals surface area contributed by atoms with Crippen molar-refractivity contribution < 1.29 is 4.79 Å². The number of hydrogen-bond acceptors (Lipinski definition) is 5. The summed E-state index contributed by atoms with van der Waals surface area (Å²) in [7, 11) is 0. The van der Waals surface area contributed by atoms with Gasteiger partial charge >= 0.3 is 0 Å². The number of carbonyl (C=O) groups excluding carboxylic acids is 1. The van der Waals surface area contributed by atoms with Crippen LogP contribution in [0.3, 0.4) is 0 Å². The molecule has 0 aliphatic rings. The van der Waals surface area contributed by atoms with Crippen molar-refractivity contribution in [3.8, 4) is 0 Å². The van der Waals surface area contributed by atoms with Gasteiger partial charge in [0.15, 0.2) is 0 Å². The molecular formula is C17H24N4OS. The van der Waals surface area contributed by atoms with Crippen LogP contribution in [0.15, 0.2) is 35.8 Å². The molecule has 1 aromatic carbocycles. The molecule has 23 heavy (non-hydrogen) atoms. The predicted octanol–water partition coefficient (Wildman–Crippen LogP) is 2.83. The molecular weight excluding hydrogens is 308 g/mol. The van der Waals surface area contributed by atoms with E-state index >= 15 is 0 Å². The maximum Gasteiger partial charge on any atom is 0.251 e. The minimum Gasteiger partial charge on any atom is -0.381 e. The average molecular weight is 332 g/mol. The van der Waals surface area contributed by atoms with E-state index in [-0.39, 0.29) is 5.91 Å². The van der Waals surface area contributed by atoms with Crippen molar-refractivity contribution in [2.24, 2.45) is 0 Å². The second-order valence-corrected chi connectivity index (χ2v) is 5.90. The van der Waals surface area contributed by atoms with Crippen LogP contribution in [0.1, 0.15) is 29.8 Å². The topological polar surface area (TPSA) is 57.3 Å². The lowest BCUT2D eigenvalue weighted by atomic mass is 10.2.